The van der Waals surface area contributed by atoms with Crippen LogP contribution in [0.25, 0.3) is 0 Å². The summed E-state index contributed by atoms with van der Waals surface area (Å²) in [5, 5.41) is 37.5. The predicted molar refractivity (Wildman–Crippen MR) is 29.8 cm³/mol. The van der Waals surface area contributed by atoms with Crippen LogP contribution in [0.3, 0.4) is 0 Å². The maximum absolute atomic E-state index is 6.25. The molecule has 0 bridgehead atoms. The van der Waals surface area contributed by atoms with Gasteiger partial charge in [0, 0.05) is 0 Å². The summed E-state index contributed by atoms with van der Waals surface area (Å²) < 4.78 is 0. The Kier molecular flexibility index (Phi) is 13100. The van der Waals surface area contributed by atoms with E-state index in [0.29, 0.717) is 0 Å². The Labute approximate surface area is 203 Å². The van der Waals surface area contributed by atoms with Crippen LogP contribution in [0.1, 0.15) is 0 Å². The molecule has 0 aliphatic heterocycles. The van der Waals surface area contributed by atoms with Crippen molar-refractivity contribution < 1.29 is 137 Å². The fourth-order valence-electron chi connectivity index (χ4n) is 0. The molecule has 16 heavy (non-hydrogen) atoms. The number of rotatable bonds is 0. The van der Waals surface area contributed by atoms with Crippen molar-refractivity contribution in [2.24, 2.45) is 0 Å². The van der Waals surface area contributed by atoms with Crippen molar-refractivity contribution in [3.8, 4) is 0 Å². The first-order valence-electron chi connectivity index (χ1n) is 1.34. The summed E-state index contributed by atoms with van der Waals surface area (Å²) in [6.45, 7) is 28.5. The summed E-state index contributed by atoms with van der Waals surface area (Å²) in [6, 6.07) is 0. The number of hydrogen-bond acceptors (Lipinski definition) is 6. The molecule has 75 valence electrons. The minimum Gasteiger partial charge on any atom is -0.512 e. The molecule has 6 nitrogen and oxygen atoms in total. The third kappa shape index (κ3) is 1980. The third-order valence-corrected chi connectivity index (χ3v) is 0. The Bertz CT molecular complexity index is 106. The third-order valence-electron chi connectivity index (χ3n) is 0. The van der Waals surface area contributed by atoms with Gasteiger partial charge in [0.2, 0.25) is 0 Å². The van der Waals surface area contributed by atoms with Crippen LogP contribution in [0.5, 0.6) is 0 Å². The fraction of sp³-hybridized carbons (Fsp3) is 0. The minimum absolute atomic E-state index is 0. The Balaban J connectivity index is -0.00000000321. The smallest absolute Gasteiger partial charge is 0.512 e. The standard InChI is InChI=1S/6CN.Cu.Fe.2K/c6*1-2;;;;/q6*-1;2*+2;2*+1. The number of hydrogen-bond donors (Lipinski definition) is 0. The molecule has 0 saturated carbocycles. The molecule has 0 aromatic heterocycles. The zero-order valence-electron chi connectivity index (χ0n) is 8.34. The first-order valence-corrected chi connectivity index (χ1v) is 1.34. The topological polar surface area (TPSA) is 143 Å². The quantitative estimate of drug-likeness (QED) is 0.314. The van der Waals surface area contributed by atoms with Crippen LogP contribution in [0.15, 0.2) is 0 Å². The second-order valence-electron chi connectivity index (χ2n) is 0. The molecule has 0 aliphatic carbocycles. The van der Waals surface area contributed by atoms with Gasteiger partial charge in [0.05, 0.1) is 0 Å². The maximum Gasteiger partial charge on any atom is 2.00 e. The zero-order chi connectivity index (χ0) is 12.0. The van der Waals surface area contributed by atoms with E-state index in [4.69, 9.17) is 71.0 Å². The van der Waals surface area contributed by atoms with Crippen LogP contribution in [0, 0.1) is 71.0 Å². The van der Waals surface area contributed by atoms with Gasteiger partial charge in [-0.2, -0.15) is 0 Å². The SMILES string of the molecule is [C-]#N.[C-]#N.[C-]#N.[C-]#N.[C-]#N.[C-]#N.[Cu+2].[Fe+2].[K+].[K+]. The van der Waals surface area contributed by atoms with Crippen molar-refractivity contribution >= 4 is 0 Å². The molecule has 0 aliphatic rings. The summed E-state index contributed by atoms with van der Waals surface area (Å²) in [7, 11) is 0. The first-order chi connectivity index (χ1) is 6.00. The van der Waals surface area contributed by atoms with Gasteiger partial charge in [-0.05, 0) is 0 Å². The van der Waals surface area contributed by atoms with E-state index < -0.39 is 0 Å². The predicted octanol–water partition coefficient (Wildman–Crippen LogP) is -5.42. The Morgan fingerprint density at radius 2 is 0.375 bits per heavy atom. The molecular formula is C6CuFeK2N6. The van der Waals surface area contributed by atoms with Crippen molar-refractivity contribution in [1.82, 2.24) is 0 Å². The second kappa shape index (κ2) is 2410. The minimum atomic E-state index is 0. The van der Waals surface area contributed by atoms with E-state index in [2.05, 4.69) is 0 Å². The van der Waals surface area contributed by atoms with Crippen LogP contribution in [0.2, 0.25) is 0 Å². The second-order valence-corrected chi connectivity index (χ2v) is 0. The molecule has 0 saturated heterocycles. The van der Waals surface area contributed by atoms with Crippen LogP contribution in [-0.4, -0.2) is 0 Å². The van der Waals surface area contributed by atoms with Gasteiger partial charge in [-0.1, -0.05) is 0 Å². The molecule has 0 fully saturated rings. The van der Waals surface area contributed by atoms with E-state index in [-0.39, 0.29) is 137 Å². The van der Waals surface area contributed by atoms with Crippen LogP contribution in [0.4, 0.5) is 0 Å². The average molecular weight is 354 g/mol. The van der Waals surface area contributed by atoms with Crippen molar-refractivity contribution in [2.45, 2.75) is 0 Å². The van der Waals surface area contributed by atoms with Gasteiger partial charge >= 0.3 is 137 Å². The molecule has 1 radical (unpaired) electrons. The summed E-state index contributed by atoms with van der Waals surface area (Å²) in [6.07, 6.45) is 0. The van der Waals surface area contributed by atoms with Crippen molar-refractivity contribution in [1.29, 1.82) is 31.6 Å². The molecule has 0 spiro atoms. The molecule has 10 heteroatoms. The first kappa shape index (κ1) is 86.6. The molecule has 0 aromatic rings. The largest absolute Gasteiger partial charge is 2.00 e. The summed E-state index contributed by atoms with van der Waals surface area (Å²) in [5.41, 5.74) is 0. The van der Waals surface area contributed by atoms with Crippen LogP contribution >= 0.6 is 0 Å². The van der Waals surface area contributed by atoms with Gasteiger partial charge in [0.1, 0.15) is 0 Å². The van der Waals surface area contributed by atoms with Gasteiger partial charge in [0.15, 0.2) is 0 Å². The fourth-order valence-corrected chi connectivity index (χ4v) is 0. The zero-order valence-corrected chi connectivity index (χ0v) is 16.6. The van der Waals surface area contributed by atoms with E-state index in [1.165, 1.54) is 0 Å². The van der Waals surface area contributed by atoms with Gasteiger partial charge in [-0.25, -0.2) is 0 Å². The summed E-state index contributed by atoms with van der Waals surface area (Å²) in [5.74, 6) is 0. The molecule has 0 heterocycles. The molecule has 0 atom stereocenters. The molecule has 0 amide bonds. The van der Waals surface area contributed by atoms with Crippen molar-refractivity contribution in [3.05, 3.63) is 39.4 Å². The Hall–Kier alpha value is 1.25. The molecule has 0 aromatic carbocycles. The van der Waals surface area contributed by atoms with Gasteiger partial charge < -0.3 is 71.0 Å². The Morgan fingerprint density at radius 3 is 0.375 bits per heavy atom. The monoisotopic (exact) mass is 353 g/mol. The number of nitrogens with zero attached hydrogens (tertiary/aromatic N) is 6. The molecule has 0 rings (SSSR count). The van der Waals surface area contributed by atoms with Crippen LogP contribution in [-0.2, 0) is 34.1 Å². The maximum atomic E-state index is 6.25. The van der Waals surface area contributed by atoms with E-state index >= 15 is 0 Å². The van der Waals surface area contributed by atoms with E-state index in [1.807, 2.05) is 0 Å². The van der Waals surface area contributed by atoms with Crippen molar-refractivity contribution in [2.75, 3.05) is 0 Å². The molecular weight excluding hydrogens is 354 g/mol. The summed E-state index contributed by atoms with van der Waals surface area (Å²) in [4.78, 5) is 0. The molecule has 0 unspecified atom stereocenters. The molecule has 0 N–H and O–H groups in total. The normalized spacial score (nSPS) is 0.750. The van der Waals surface area contributed by atoms with E-state index in [0.717, 1.165) is 0 Å². The van der Waals surface area contributed by atoms with Gasteiger partial charge in [-0.15, -0.1) is 0 Å². The van der Waals surface area contributed by atoms with Gasteiger partial charge in [-0.3, -0.25) is 0 Å². The van der Waals surface area contributed by atoms with Crippen LogP contribution < -0.4 is 103 Å². The summed E-state index contributed by atoms with van der Waals surface area (Å²) >= 11 is 0. The Morgan fingerprint density at radius 1 is 0.375 bits per heavy atom. The van der Waals surface area contributed by atoms with E-state index in [1.54, 1.807) is 0 Å². The van der Waals surface area contributed by atoms with Crippen molar-refractivity contribution in [3.63, 3.8) is 0 Å². The van der Waals surface area contributed by atoms with E-state index in [9.17, 15) is 0 Å². The van der Waals surface area contributed by atoms with Gasteiger partial charge in [0.25, 0.3) is 0 Å². The average Bonchev–Trinajstić information content (AvgIpc) is 2.33.